The number of aryl methyl sites for hydroxylation is 1. The Kier molecular flexibility index (Phi) is 1.96. The van der Waals surface area contributed by atoms with E-state index >= 15 is 0 Å². The summed E-state index contributed by atoms with van der Waals surface area (Å²) < 4.78 is 6.56. The number of ether oxygens (including phenoxy) is 1. The van der Waals surface area contributed by atoms with Crippen molar-refractivity contribution in [2.45, 2.75) is 0 Å². The molecule has 0 saturated heterocycles. The van der Waals surface area contributed by atoms with Crippen LogP contribution in [0.25, 0.3) is 10.9 Å². The highest BCUT2D eigenvalue weighted by molar-refractivity contribution is 5.83. The zero-order valence-corrected chi connectivity index (χ0v) is 8.02. The minimum atomic E-state index is -0.0612. The molecule has 0 spiro atoms. The van der Waals surface area contributed by atoms with Crippen molar-refractivity contribution in [3.8, 4) is 5.75 Å². The summed E-state index contributed by atoms with van der Waals surface area (Å²) in [6.07, 6.45) is 1.49. The molecule has 1 aromatic heterocycles. The molecule has 2 rings (SSSR count). The Morgan fingerprint density at radius 2 is 2.21 bits per heavy atom. The molecule has 0 saturated carbocycles. The number of methoxy groups -OCH3 is 1. The van der Waals surface area contributed by atoms with Crippen LogP contribution in [-0.2, 0) is 7.05 Å². The summed E-state index contributed by atoms with van der Waals surface area (Å²) in [7, 11) is 3.24. The van der Waals surface area contributed by atoms with Crippen molar-refractivity contribution in [1.82, 2.24) is 9.55 Å². The van der Waals surface area contributed by atoms with E-state index in [1.807, 2.05) is 0 Å². The third-order valence-electron chi connectivity index (χ3n) is 2.13. The molecular formula is C10H10N2O2. The van der Waals surface area contributed by atoms with Crippen LogP contribution in [0.2, 0.25) is 0 Å². The Labute approximate surface area is 80.8 Å². The van der Waals surface area contributed by atoms with Crippen molar-refractivity contribution in [2.24, 2.45) is 7.05 Å². The molecule has 72 valence electrons. The smallest absolute Gasteiger partial charge is 0.261 e. The van der Waals surface area contributed by atoms with E-state index in [1.54, 1.807) is 32.4 Å². The van der Waals surface area contributed by atoms with E-state index in [-0.39, 0.29) is 5.56 Å². The molecule has 0 aliphatic heterocycles. The number of benzene rings is 1. The lowest BCUT2D eigenvalue weighted by molar-refractivity contribution is 0.418. The fraction of sp³-hybridized carbons (Fsp3) is 0.200. The van der Waals surface area contributed by atoms with E-state index in [4.69, 9.17) is 4.74 Å². The largest absolute Gasteiger partial charge is 0.494 e. The van der Waals surface area contributed by atoms with Gasteiger partial charge in [0.15, 0.2) is 0 Å². The minimum absolute atomic E-state index is 0.0612. The Balaban J connectivity index is 2.93. The van der Waals surface area contributed by atoms with Crippen LogP contribution >= 0.6 is 0 Å². The number of hydrogen-bond acceptors (Lipinski definition) is 3. The maximum absolute atomic E-state index is 11.7. The first-order valence-electron chi connectivity index (χ1n) is 4.22. The Bertz CT molecular complexity index is 531. The van der Waals surface area contributed by atoms with Crippen LogP contribution in [0.1, 0.15) is 0 Å². The van der Waals surface area contributed by atoms with E-state index in [9.17, 15) is 4.79 Å². The second-order valence-electron chi connectivity index (χ2n) is 3.02. The van der Waals surface area contributed by atoms with Crippen LogP contribution in [0, 0.1) is 0 Å². The third kappa shape index (κ3) is 1.16. The summed E-state index contributed by atoms with van der Waals surface area (Å²) in [5.74, 6) is 0.625. The van der Waals surface area contributed by atoms with Crippen molar-refractivity contribution in [1.29, 1.82) is 0 Å². The van der Waals surface area contributed by atoms with Gasteiger partial charge < -0.3 is 9.30 Å². The Morgan fingerprint density at radius 3 is 2.93 bits per heavy atom. The highest BCUT2D eigenvalue weighted by Crippen LogP contribution is 2.19. The van der Waals surface area contributed by atoms with Crippen LogP contribution in [0.5, 0.6) is 5.75 Å². The standard InChI is InChI=1S/C10H10N2O2/c1-12-6-11-9-7(10(12)13)4-3-5-8(9)14-2/h3-6H,1-2H3. The SMILES string of the molecule is COc1cccc2c(=O)n(C)cnc12. The van der Waals surface area contributed by atoms with E-state index < -0.39 is 0 Å². The molecule has 0 atom stereocenters. The van der Waals surface area contributed by atoms with Gasteiger partial charge in [0.2, 0.25) is 0 Å². The molecule has 4 nitrogen and oxygen atoms in total. The van der Waals surface area contributed by atoms with Crippen molar-refractivity contribution in [2.75, 3.05) is 7.11 Å². The summed E-state index contributed by atoms with van der Waals surface area (Å²) in [5.41, 5.74) is 0.548. The topological polar surface area (TPSA) is 44.1 Å². The van der Waals surface area contributed by atoms with E-state index in [1.165, 1.54) is 10.9 Å². The zero-order chi connectivity index (χ0) is 10.1. The van der Waals surface area contributed by atoms with Crippen molar-refractivity contribution < 1.29 is 4.74 Å². The second-order valence-corrected chi connectivity index (χ2v) is 3.02. The average Bonchev–Trinajstić information content (AvgIpc) is 2.23. The molecule has 0 radical (unpaired) electrons. The molecule has 0 N–H and O–H groups in total. The number of rotatable bonds is 1. The Hall–Kier alpha value is -1.84. The highest BCUT2D eigenvalue weighted by atomic mass is 16.5. The quantitative estimate of drug-likeness (QED) is 0.672. The van der Waals surface area contributed by atoms with E-state index in [2.05, 4.69) is 4.98 Å². The summed E-state index contributed by atoms with van der Waals surface area (Å²) in [6.45, 7) is 0. The second kappa shape index (κ2) is 3.14. The molecule has 0 aliphatic rings. The highest BCUT2D eigenvalue weighted by Gasteiger charge is 2.05. The summed E-state index contributed by atoms with van der Waals surface area (Å²) in [4.78, 5) is 15.8. The molecule has 2 aromatic rings. The first-order chi connectivity index (χ1) is 6.74. The third-order valence-corrected chi connectivity index (χ3v) is 2.13. The number of nitrogens with zero attached hydrogens (tertiary/aromatic N) is 2. The number of para-hydroxylation sites is 1. The molecule has 1 heterocycles. The van der Waals surface area contributed by atoms with Crippen LogP contribution in [0.3, 0.4) is 0 Å². The average molecular weight is 190 g/mol. The molecule has 0 amide bonds. The molecule has 4 heteroatoms. The van der Waals surface area contributed by atoms with Crippen LogP contribution in [0.15, 0.2) is 29.3 Å². The predicted octanol–water partition coefficient (Wildman–Crippen LogP) is 0.942. The van der Waals surface area contributed by atoms with Crippen LogP contribution < -0.4 is 10.3 Å². The van der Waals surface area contributed by atoms with E-state index in [0.717, 1.165) is 0 Å². The molecule has 0 unspecified atom stereocenters. The van der Waals surface area contributed by atoms with Gasteiger partial charge in [-0.1, -0.05) is 6.07 Å². The zero-order valence-electron chi connectivity index (χ0n) is 8.02. The maximum Gasteiger partial charge on any atom is 0.261 e. The van der Waals surface area contributed by atoms with Gasteiger partial charge in [-0.25, -0.2) is 4.98 Å². The number of fused-ring (bicyclic) bond motifs is 1. The normalized spacial score (nSPS) is 10.4. The van der Waals surface area contributed by atoms with Gasteiger partial charge in [0.1, 0.15) is 11.3 Å². The summed E-state index contributed by atoms with van der Waals surface area (Å²) in [5, 5.41) is 0.578. The van der Waals surface area contributed by atoms with Gasteiger partial charge in [0, 0.05) is 7.05 Å². The van der Waals surface area contributed by atoms with Gasteiger partial charge in [-0.05, 0) is 12.1 Å². The van der Waals surface area contributed by atoms with E-state index in [0.29, 0.717) is 16.7 Å². The Morgan fingerprint density at radius 1 is 1.43 bits per heavy atom. The van der Waals surface area contributed by atoms with Crippen LogP contribution in [-0.4, -0.2) is 16.7 Å². The first-order valence-corrected chi connectivity index (χ1v) is 4.22. The summed E-state index contributed by atoms with van der Waals surface area (Å²) in [6, 6.07) is 5.31. The molecule has 0 fully saturated rings. The van der Waals surface area contributed by atoms with Crippen LogP contribution in [0.4, 0.5) is 0 Å². The van der Waals surface area contributed by atoms with Crippen molar-refractivity contribution in [3.05, 3.63) is 34.9 Å². The van der Waals surface area contributed by atoms with Gasteiger partial charge in [0.05, 0.1) is 18.8 Å². The van der Waals surface area contributed by atoms with Gasteiger partial charge in [-0.15, -0.1) is 0 Å². The molecule has 0 bridgehead atoms. The monoisotopic (exact) mass is 190 g/mol. The van der Waals surface area contributed by atoms with Crippen molar-refractivity contribution in [3.63, 3.8) is 0 Å². The molecule has 14 heavy (non-hydrogen) atoms. The fourth-order valence-electron chi connectivity index (χ4n) is 1.38. The number of hydrogen-bond donors (Lipinski definition) is 0. The van der Waals surface area contributed by atoms with Gasteiger partial charge in [-0.3, -0.25) is 4.79 Å². The predicted molar refractivity (Wildman–Crippen MR) is 53.5 cm³/mol. The lowest BCUT2D eigenvalue weighted by atomic mass is 10.2. The lowest BCUT2D eigenvalue weighted by Crippen LogP contribution is -2.16. The molecule has 1 aromatic carbocycles. The van der Waals surface area contributed by atoms with Gasteiger partial charge in [-0.2, -0.15) is 0 Å². The maximum atomic E-state index is 11.7. The fourth-order valence-corrected chi connectivity index (χ4v) is 1.38. The molecule has 0 aliphatic carbocycles. The molecular weight excluding hydrogens is 180 g/mol. The minimum Gasteiger partial charge on any atom is -0.494 e. The summed E-state index contributed by atoms with van der Waals surface area (Å²) >= 11 is 0. The van der Waals surface area contributed by atoms with Crippen molar-refractivity contribution >= 4 is 10.9 Å². The number of aromatic nitrogens is 2. The van der Waals surface area contributed by atoms with Gasteiger partial charge in [0.25, 0.3) is 5.56 Å². The van der Waals surface area contributed by atoms with Gasteiger partial charge >= 0.3 is 0 Å². The first kappa shape index (κ1) is 8.74. The lowest BCUT2D eigenvalue weighted by Gasteiger charge is -2.04.